The third kappa shape index (κ3) is 1.19. The van der Waals surface area contributed by atoms with Crippen LogP contribution in [-0.4, -0.2) is 49.1 Å². The highest BCUT2D eigenvalue weighted by Gasteiger charge is 2.48. The van der Waals surface area contributed by atoms with E-state index >= 15 is 0 Å². The predicted octanol–water partition coefficient (Wildman–Crippen LogP) is -1.27. The van der Waals surface area contributed by atoms with Crippen LogP contribution in [0.4, 0.5) is 0 Å². The van der Waals surface area contributed by atoms with Gasteiger partial charge in [0.2, 0.25) is 5.91 Å². The highest BCUT2D eigenvalue weighted by Crippen LogP contribution is 2.23. The maximum absolute atomic E-state index is 11.7. The first-order chi connectivity index (χ1) is 6.14. The Kier molecular flexibility index (Phi) is 1.76. The van der Waals surface area contributed by atoms with E-state index in [0.29, 0.717) is 19.6 Å². The highest BCUT2D eigenvalue weighted by atomic mass is 16.5. The molecule has 2 amide bonds. The monoisotopic (exact) mass is 184 g/mol. The fourth-order valence-corrected chi connectivity index (χ4v) is 1.84. The van der Waals surface area contributed by atoms with Crippen LogP contribution in [0, 0.1) is 0 Å². The number of amides is 2. The summed E-state index contributed by atoms with van der Waals surface area (Å²) in [5, 5.41) is 2.72. The Morgan fingerprint density at radius 2 is 2.31 bits per heavy atom. The summed E-state index contributed by atoms with van der Waals surface area (Å²) < 4.78 is 5.14. The van der Waals surface area contributed by atoms with Gasteiger partial charge >= 0.3 is 0 Å². The molecule has 0 aliphatic carbocycles. The van der Waals surface area contributed by atoms with Crippen LogP contribution in [0.15, 0.2) is 0 Å². The molecule has 5 nitrogen and oxygen atoms in total. The van der Waals surface area contributed by atoms with Crippen molar-refractivity contribution in [1.29, 1.82) is 0 Å². The Hall–Kier alpha value is -1.10. The third-order valence-corrected chi connectivity index (χ3v) is 2.54. The second-order valence-electron chi connectivity index (χ2n) is 3.59. The average molecular weight is 184 g/mol. The van der Waals surface area contributed by atoms with Crippen LogP contribution in [0.25, 0.3) is 0 Å². The molecular formula is C8H12N2O3. The van der Waals surface area contributed by atoms with Crippen molar-refractivity contribution in [3.8, 4) is 0 Å². The van der Waals surface area contributed by atoms with Crippen LogP contribution in [0.5, 0.6) is 0 Å². The number of ether oxygens (including phenoxy) is 1. The van der Waals surface area contributed by atoms with Crippen molar-refractivity contribution in [3.05, 3.63) is 0 Å². The van der Waals surface area contributed by atoms with Crippen molar-refractivity contribution in [1.82, 2.24) is 10.2 Å². The largest absolute Gasteiger partial charge is 0.378 e. The molecule has 0 bridgehead atoms. The first-order valence-electron chi connectivity index (χ1n) is 4.28. The van der Waals surface area contributed by atoms with Crippen molar-refractivity contribution >= 4 is 11.8 Å². The Morgan fingerprint density at radius 1 is 1.54 bits per heavy atom. The zero-order valence-corrected chi connectivity index (χ0v) is 7.50. The Balaban J connectivity index is 2.25. The lowest BCUT2D eigenvalue weighted by atomic mass is 9.94. The lowest BCUT2D eigenvalue weighted by Gasteiger charge is -2.36. The van der Waals surface area contributed by atoms with Crippen LogP contribution < -0.4 is 5.32 Å². The number of nitrogens with one attached hydrogen (secondary N) is 1. The minimum Gasteiger partial charge on any atom is -0.378 e. The molecule has 13 heavy (non-hydrogen) atoms. The molecule has 2 aliphatic rings. The third-order valence-electron chi connectivity index (χ3n) is 2.54. The number of piperazine rings is 1. The number of rotatable bonds is 0. The first-order valence-corrected chi connectivity index (χ1v) is 4.28. The molecule has 2 saturated heterocycles. The van der Waals surface area contributed by atoms with E-state index in [1.807, 2.05) is 0 Å². The maximum Gasteiger partial charge on any atom is 0.251 e. The molecule has 1 N–H and O–H groups in total. The number of carbonyl (C=O) groups excluding carboxylic acids is 2. The summed E-state index contributed by atoms with van der Waals surface area (Å²) in [5.41, 5.74) is -0.760. The van der Waals surface area contributed by atoms with Gasteiger partial charge in [0.25, 0.3) is 5.91 Å². The Labute approximate surface area is 76.0 Å². The van der Waals surface area contributed by atoms with Gasteiger partial charge in [-0.15, -0.1) is 0 Å². The van der Waals surface area contributed by atoms with Gasteiger partial charge in [0.05, 0.1) is 13.2 Å². The van der Waals surface area contributed by atoms with Crippen LogP contribution in [0.3, 0.4) is 0 Å². The van der Waals surface area contributed by atoms with Crippen LogP contribution >= 0.6 is 0 Å². The average Bonchev–Trinajstić information content (AvgIpc) is 2.50. The molecule has 0 aromatic rings. The van der Waals surface area contributed by atoms with Crippen molar-refractivity contribution in [2.45, 2.75) is 12.0 Å². The number of likely N-dealkylation sites (N-methyl/N-ethyl adjacent to an activating group) is 1. The number of nitrogens with zero attached hydrogens (tertiary/aromatic N) is 1. The predicted molar refractivity (Wildman–Crippen MR) is 43.9 cm³/mol. The second kappa shape index (κ2) is 2.70. The lowest BCUT2D eigenvalue weighted by molar-refractivity contribution is -0.148. The van der Waals surface area contributed by atoms with Crippen molar-refractivity contribution < 1.29 is 14.3 Å². The molecule has 2 fully saturated rings. The Bertz CT molecular complexity index is 258. The van der Waals surface area contributed by atoms with E-state index in [-0.39, 0.29) is 18.4 Å². The van der Waals surface area contributed by atoms with Gasteiger partial charge in [-0.1, -0.05) is 0 Å². The zero-order valence-electron chi connectivity index (χ0n) is 7.50. The van der Waals surface area contributed by atoms with E-state index in [0.717, 1.165) is 0 Å². The molecule has 1 unspecified atom stereocenters. The molecule has 1 atom stereocenters. The molecule has 0 aromatic heterocycles. The van der Waals surface area contributed by atoms with E-state index < -0.39 is 5.54 Å². The number of carbonyl (C=O) groups is 2. The first kappa shape index (κ1) is 8.50. The standard InChI is InChI=1S/C8H12N2O3/c1-10-4-6(11)9-8(7(10)12)2-3-13-5-8/h2-5H2,1H3,(H,9,11). The summed E-state index contributed by atoms with van der Waals surface area (Å²) in [6, 6.07) is 0. The fraction of sp³-hybridized carbons (Fsp3) is 0.750. The van der Waals surface area contributed by atoms with E-state index in [9.17, 15) is 9.59 Å². The normalized spacial score (nSPS) is 34.1. The summed E-state index contributed by atoms with van der Waals surface area (Å²) in [6.45, 7) is 1.00. The smallest absolute Gasteiger partial charge is 0.251 e. The van der Waals surface area contributed by atoms with E-state index in [2.05, 4.69) is 5.32 Å². The van der Waals surface area contributed by atoms with Crippen LogP contribution in [0.2, 0.25) is 0 Å². The van der Waals surface area contributed by atoms with Gasteiger partial charge in [-0.05, 0) is 0 Å². The van der Waals surface area contributed by atoms with Crippen molar-refractivity contribution in [3.63, 3.8) is 0 Å². The highest BCUT2D eigenvalue weighted by molar-refractivity contribution is 5.98. The molecule has 0 saturated carbocycles. The maximum atomic E-state index is 11.7. The fourth-order valence-electron chi connectivity index (χ4n) is 1.84. The molecule has 72 valence electrons. The topological polar surface area (TPSA) is 58.6 Å². The van der Waals surface area contributed by atoms with E-state index in [4.69, 9.17) is 4.74 Å². The quantitative estimate of drug-likeness (QED) is 0.511. The summed E-state index contributed by atoms with van der Waals surface area (Å²) in [4.78, 5) is 24.4. The SMILES string of the molecule is CN1CC(=O)NC2(CCOC2)C1=O. The Morgan fingerprint density at radius 3 is 2.92 bits per heavy atom. The number of hydrogen-bond acceptors (Lipinski definition) is 3. The minimum atomic E-state index is -0.760. The van der Waals surface area contributed by atoms with Gasteiger partial charge in [0.1, 0.15) is 5.54 Å². The van der Waals surface area contributed by atoms with E-state index in [1.165, 1.54) is 4.90 Å². The molecule has 5 heteroatoms. The van der Waals surface area contributed by atoms with Crippen molar-refractivity contribution in [2.75, 3.05) is 26.8 Å². The molecule has 2 rings (SSSR count). The summed E-state index contributed by atoms with van der Waals surface area (Å²) >= 11 is 0. The second-order valence-corrected chi connectivity index (χ2v) is 3.59. The summed E-state index contributed by atoms with van der Waals surface area (Å²) in [5.74, 6) is -0.141. The van der Waals surface area contributed by atoms with Gasteiger partial charge in [-0.2, -0.15) is 0 Å². The molecule has 1 spiro atoms. The van der Waals surface area contributed by atoms with Gasteiger partial charge in [-0.3, -0.25) is 9.59 Å². The summed E-state index contributed by atoms with van der Waals surface area (Å²) in [7, 11) is 1.64. The van der Waals surface area contributed by atoms with Crippen molar-refractivity contribution in [2.24, 2.45) is 0 Å². The molecule has 2 aliphatic heterocycles. The molecule has 0 aromatic carbocycles. The lowest BCUT2D eigenvalue weighted by Crippen LogP contribution is -2.66. The summed E-state index contributed by atoms with van der Waals surface area (Å²) in [6.07, 6.45) is 0.585. The number of hydrogen-bond donors (Lipinski definition) is 1. The van der Waals surface area contributed by atoms with Crippen LogP contribution in [0.1, 0.15) is 6.42 Å². The van der Waals surface area contributed by atoms with E-state index in [1.54, 1.807) is 7.05 Å². The molecule has 2 heterocycles. The van der Waals surface area contributed by atoms with Gasteiger partial charge in [0, 0.05) is 20.1 Å². The minimum absolute atomic E-state index is 0.0374. The van der Waals surface area contributed by atoms with Gasteiger partial charge in [-0.25, -0.2) is 0 Å². The van der Waals surface area contributed by atoms with Gasteiger partial charge in [0.15, 0.2) is 0 Å². The molecule has 0 radical (unpaired) electrons. The van der Waals surface area contributed by atoms with Crippen LogP contribution in [-0.2, 0) is 14.3 Å². The van der Waals surface area contributed by atoms with Gasteiger partial charge < -0.3 is 15.0 Å². The zero-order chi connectivity index (χ0) is 9.47. The molecular weight excluding hydrogens is 172 g/mol.